The van der Waals surface area contributed by atoms with Gasteiger partial charge < -0.3 is 4.84 Å². The van der Waals surface area contributed by atoms with Crippen molar-refractivity contribution in [2.45, 2.75) is 39.0 Å². The van der Waals surface area contributed by atoms with Gasteiger partial charge in [0.25, 0.3) is 0 Å². The van der Waals surface area contributed by atoms with Gasteiger partial charge in [0.05, 0.1) is 17.5 Å². The summed E-state index contributed by atoms with van der Waals surface area (Å²) in [4.78, 5) is 19.4. The molecule has 1 saturated carbocycles. The van der Waals surface area contributed by atoms with E-state index in [1.165, 1.54) is 24.4 Å². The number of carbonyl (C=O) groups is 1. The molecule has 23 heavy (non-hydrogen) atoms. The molecule has 0 radical (unpaired) electrons. The molecule has 4 rings (SSSR count). The Balaban J connectivity index is 1.78. The second-order valence-corrected chi connectivity index (χ2v) is 7.09. The minimum Gasteiger partial charge on any atom is -0.395 e. The monoisotopic (exact) mass is 326 g/mol. The maximum Gasteiger partial charge on any atom is 0.196 e. The van der Waals surface area contributed by atoms with E-state index in [1.807, 2.05) is 19.1 Å². The minimum atomic E-state index is 0.0823. The molecule has 1 aromatic heterocycles. The molecule has 0 amide bonds. The van der Waals surface area contributed by atoms with Crippen molar-refractivity contribution in [1.29, 1.82) is 0 Å². The molecule has 0 spiro atoms. The van der Waals surface area contributed by atoms with Gasteiger partial charge in [-0.1, -0.05) is 17.3 Å². The highest BCUT2D eigenvalue weighted by Crippen LogP contribution is 2.44. The molecule has 0 bridgehead atoms. The summed E-state index contributed by atoms with van der Waals surface area (Å²) in [6.07, 6.45) is 4.88. The molecule has 2 aliphatic rings. The molecule has 1 aromatic carbocycles. The number of hydrogen-bond acceptors (Lipinski definition) is 5. The van der Waals surface area contributed by atoms with Crippen LogP contribution in [0.15, 0.2) is 23.5 Å². The zero-order valence-corrected chi connectivity index (χ0v) is 14.1. The van der Waals surface area contributed by atoms with Crippen molar-refractivity contribution in [3.05, 3.63) is 51.0 Å². The van der Waals surface area contributed by atoms with Crippen LogP contribution in [0.2, 0.25) is 0 Å². The number of benzene rings is 1. The van der Waals surface area contributed by atoms with E-state index in [1.54, 1.807) is 6.20 Å². The third-order valence-electron chi connectivity index (χ3n) is 4.60. The first-order valence-electron chi connectivity index (χ1n) is 7.95. The van der Waals surface area contributed by atoms with Gasteiger partial charge in [0.1, 0.15) is 6.61 Å². The average Bonchev–Trinajstić information content (AvgIpc) is 3.04. The quantitative estimate of drug-likeness (QED) is 0.798. The van der Waals surface area contributed by atoms with Crippen LogP contribution in [-0.4, -0.2) is 22.5 Å². The van der Waals surface area contributed by atoms with Gasteiger partial charge in [-0.25, -0.2) is 4.37 Å². The third kappa shape index (κ3) is 2.49. The van der Waals surface area contributed by atoms with E-state index in [-0.39, 0.29) is 5.78 Å². The summed E-state index contributed by atoms with van der Waals surface area (Å²) in [5.41, 5.74) is 5.66. The van der Waals surface area contributed by atoms with Crippen LogP contribution in [0.3, 0.4) is 0 Å². The van der Waals surface area contributed by atoms with E-state index in [4.69, 9.17) is 4.84 Å². The highest BCUT2D eigenvalue weighted by molar-refractivity contribution is 7.06. The number of rotatable bonds is 4. The maximum absolute atomic E-state index is 13.1. The smallest absolute Gasteiger partial charge is 0.196 e. The largest absolute Gasteiger partial charge is 0.395 e. The second kappa shape index (κ2) is 5.57. The lowest BCUT2D eigenvalue weighted by atomic mass is 9.90. The second-order valence-electron chi connectivity index (χ2n) is 6.26. The molecule has 118 valence electrons. The number of aromatic nitrogens is 1. The summed E-state index contributed by atoms with van der Waals surface area (Å²) < 4.78 is 4.25. The molecule has 0 saturated heterocycles. The SMILES string of the molecule is Cc1ccc(C(=O)c2cnsc2C2CC2)c(C)c1C1=NOCC1. The molecule has 2 heterocycles. The molecule has 1 fully saturated rings. The highest BCUT2D eigenvalue weighted by Gasteiger charge is 2.31. The molecular weight excluding hydrogens is 308 g/mol. The standard InChI is InChI=1S/C18H18N2O2S/c1-10-3-6-13(11(2)16(10)15-7-8-22-20-15)17(21)14-9-19-23-18(14)12-4-5-12/h3,6,9,12H,4-5,7-8H2,1-2H3. The molecule has 0 unspecified atom stereocenters. The highest BCUT2D eigenvalue weighted by atomic mass is 32.1. The topological polar surface area (TPSA) is 51.5 Å². The summed E-state index contributed by atoms with van der Waals surface area (Å²) in [7, 11) is 0. The molecule has 4 nitrogen and oxygen atoms in total. The number of hydrogen-bond donors (Lipinski definition) is 0. The van der Waals surface area contributed by atoms with Crippen LogP contribution in [0, 0.1) is 13.8 Å². The van der Waals surface area contributed by atoms with Gasteiger partial charge in [0, 0.05) is 22.4 Å². The molecule has 0 atom stereocenters. The Morgan fingerprint density at radius 2 is 2.09 bits per heavy atom. The zero-order valence-electron chi connectivity index (χ0n) is 13.3. The number of carbonyl (C=O) groups excluding carboxylic acids is 1. The first-order valence-corrected chi connectivity index (χ1v) is 8.73. The normalized spacial score (nSPS) is 17.0. The molecule has 1 aliphatic carbocycles. The average molecular weight is 326 g/mol. The maximum atomic E-state index is 13.1. The predicted molar refractivity (Wildman–Crippen MR) is 90.5 cm³/mol. The van der Waals surface area contributed by atoms with Crippen molar-refractivity contribution in [3.63, 3.8) is 0 Å². The van der Waals surface area contributed by atoms with Gasteiger partial charge in [0.2, 0.25) is 0 Å². The first-order chi connectivity index (χ1) is 11.2. The number of nitrogens with zero attached hydrogens (tertiary/aromatic N) is 2. The van der Waals surface area contributed by atoms with Crippen molar-refractivity contribution in [2.24, 2.45) is 5.16 Å². The Morgan fingerprint density at radius 3 is 2.78 bits per heavy atom. The van der Waals surface area contributed by atoms with Crippen molar-refractivity contribution < 1.29 is 9.63 Å². The summed E-state index contributed by atoms with van der Waals surface area (Å²) in [6, 6.07) is 3.94. The van der Waals surface area contributed by atoms with Gasteiger partial charge in [-0.05, 0) is 55.3 Å². The minimum absolute atomic E-state index is 0.0823. The van der Waals surface area contributed by atoms with Crippen LogP contribution in [-0.2, 0) is 4.84 Å². The van der Waals surface area contributed by atoms with Crippen LogP contribution >= 0.6 is 11.5 Å². The first kappa shape index (κ1) is 14.6. The predicted octanol–water partition coefficient (Wildman–Crippen LogP) is 3.99. The van der Waals surface area contributed by atoms with E-state index in [9.17, 15) is 4.79 Å². The summed E-state index contributed by atoms with van der Waals surface area (Å²) in [6.45, 7) is 4.68. The Hall–Kier alpha value is -2.01. The Labute approximate surface area is 139 Å². The summed E-state index contributed by atoms with van der Waals surface area (Å²) >= 11 is 1.47. The fourth-order valence-corrected chi connectivity index (χ4v) is 4.12. The molecule has 5 heteroatoms. The summed E-state index contributed by atoms with van der Waals surface area (Å²) in [5.74, 6) is 0.623. The van der Waals surface area contributed by atoms with Crippen LogP contribution < -0.4 is 0 Å². The van der Waals surface area contributed by atoms with Crippen molar-refractivity contribution in [3.8, 4) is 0 Å². The van der Waals surface area contributed by atoms with Crippen LogP contribution in [0.1, 0.15) is 62.7 Å². The van der Waals surface area contributed by atoms with Crippen LogP contribution in [0.5, 0.6) is 0 Å². The fourth-order valence-electron chi connectivity index (χ4n) is 3.22. The summed E-state index contributed by atoms with van der Waals surface area (Å²) in [5, 5.41) is 4.14. The van der Waals surface area contributed by atoms with E-state index >= 15 is 0 Å². The lowest BCUT2D eigenvalue weighted by molar-refractivity contribution is 0.103. The molecule has 2 aromatic rings. The zero-order chi connectivity index (χ0) is 16.0. The number of aryl methyl sites for hydroxylation is 1. The van der Waals surface area contributed by atoms with Crippen molar-refractivity contribution in [2.75, 3.05) is 6.61 Å². The Morgan fingerprint density at radius 1 is 1.26 bits per heavy atom. The lowest BCUT2D eigenvalue weighted by Crippen LogP contribution is -2.11. The Kier molecular flexibility index (Phi) is 3.53. The Bertz CT molecular complexity index is 818. The van der Waals surface area contributed by atoms with Crippen LogP contribution in [0.25, 0.3) is 0 Å². The van der Waals surface area contributed by atoms with Gasteiger partial charge >= 0.3 is 0 Å². The lowest BCUT2D eigenvalue weighted by Gasteiger charge is -2.13. The van der Waals surface area contributed by atoms with Crippen molar-refractivity contribution >= 4 is 23.0 Å². The van der Waals surface area contributed by atoms with E-state index < -0.39 is 0 Å². The molecular formula is C18H18N2O2S. The van der Waals surface area contributed by atoms with Crippen molar-refractivity contribution in [1.82, 2.24) is 4.37 Å². The van der Waals surface area contributed by atoms with Crippen LogP contribution in [0.4, 0.5) is 0 Å². The number of ketones is 1. The van der Waals surface area contributed by atoms with Gasteiger partial charge in [-0.3, -0.25) is 4.79 Å². The van der Waals surface area contributed by atoms with Gasteiger partial charge in [-0.2, -0.15) is 0 Å². The number of oxime groups is 1. The van der Waals surface area contributed by atoms with E-state index in [2.05, 4.69) is 16.5 Å². The fraction of sp³-hybridized carbons (Fsp3) is 0.389. The molecule has 0 N–H and O–H groups in total. The third-order valence-corrected chi connectivity index (χ3v) is 5.56. The van der Waals surface area contributed by atoms with E-state index in [0.29, 0.717) is 12.5 Å². The van der Waals surface area contributed by atoms with Gasteiger partial charge in [-0.15, -0.1) is 0 Å². The molecule has 1 aliphatic heterocycles. The van der Waals surface area contributed by atoms with Gasteiger partial charge in [0.15, 0.2) is 5.78 Å². The van der Waals surface area contributed by atoms with E-state index in [0.717, 1.165) is 44.8 Å².